The van der Waals surface area contributed by atoms with Crippen molar-refractivity contribution >= 4 is 57.4 Å². The number of rotatable bonds is 6. The van der Waals surface area contributed by atoms with Gasteiger partial charge in [0.1, 0.15) is 4.21 Å². The van der Waals surface area contributed by atoms with Crippen molar-refractivity contribution in [3.05, 3.63) is 75.2 Å². The fourth-order valence-electron chi connectivity index (χ4n) is 2.07. The summed E-state index contributed by atoms with van der Waals surface area (Å²) in [5.41, 5.74) is 1.06. The molecule has 1 aliphatic rings. The molecule has 134 valence electrons. The fourth-order valence-corrected chi connectivity index (χ4v) is 5.56. The molecule has 8 heteroatoms. The maximum Gasteiger partial charge on any atom is 0.271 e. The van der Waals surface area contributed by atoms with E-state index in [1.54, 1.807) is 48.6 Å². The van der Waals surface area contributed by atoms with Gasteiger partial charge in [0.15, 0.2) is 0 Å². The van der Waals surface area contributed by atoms with Crippen LogP contribution in [0.2, 0.25) is 0 Å². The lowest BCUT2D eigenvalue weighted by Gasteiger charge is -2.05. The summed E-state index contributed by atoms with van der Waals surface area (Å²) in [6.07, 6.45) is 5.32. The smallest absolute Gasteiger partial charge is 0.271 e. The van der Waals surface area contributed by atoms with E-state index in [4.69, 9.17) is 0 Å². The lowest BCUT2D eigenvalue weighted by molar-refractivity contribution is -0.117. The number of thiophene rings is 1. The maximum absolute atomic E-state index is 12.4. The van der Waals surface area contributed by atoms with Crippen LogP contribution in [0, 0.1) is 0 Å². The third-order valence-electron chi connectivity index (χ3n) is 3.30. The summed E-state index contributed by atoms with van der Waals surface area (Å²) in [7, 11) is -3.63. The zero-order chi connectivity index (χ0) is 18.4. The van der Waals surface area contributed by atoms with Crippen LogP contribution >= 0.6 is 32.1 Å². The molecule has 0 atom stereocenters. The van der Waals surface area contributed by atoms with E-state index in [0.29, 0.717) is 11.3 Å². The molecule has 2 N–H and O–H groups in total. The number of benzene rings is 1. The van der Waals surface area contributed by atoms with E-state index in [1.807, 2.05) is 16.2 Å². The fraction of sp³-hybridized carbons (Fsp3) is 0.0556. The van der Waals surface area contributed by atoms with Gasteiger partial charge in [0.2, 0.25) is 0 Å². The van der Waals surface area contributed by atoms with Crippen molar-refractivity contribution in [1.82, 2.24) is 5.32 Å². The Hall–Kier alpha value is -2.00. The standard InChI is InChI=1S/C18H15IN2O3S2/c22-18(14-5-4-11-19-12-10-14)20-13-16-8-9-17(25-16)26(23,24)21-15-6-2-1-3-7-15/h1-11,21H,13H2,(H,20,22). The molecule has 2 aromatic rings. The maximum atomic E-state index is 12.4. The Morgan fingerprint density at radius 1 is 1.15 bits per heavy atom. The molecule has 1 aromatic heterocycles. The highest BCUT2D eigenvalue weighted by atomic mass is 127. The van der Waals surface area contributed by atoms with Gasteiger partial charge in [0.25, 0.3) is 15.9 Å². The van der Waals surface area contributed by atoms with Crippen LogP contribution in [0.3, 0.4) is 0 Å². The number of allylic oxidation sites excluding steroid dienone is 2. The number of anilines is 1. The molecular formula is C18H15IN2O3S2. The predicted octanol–water partition coefficient (Wildman–Crippen LogP) is 3.55. The molecule has 1 aliphatic heterocycles. The number of carbonyl (C=O) groups excluding carboxylic acids is 1. The van der Waals surface area contributed by atoms with E-state index in [0.717, 1.165) is 16.2 Å². The van der Waals surface area contributed by atoms with Gasteiger partial charge in [-0.2, -0.15) is 0 Å². The molecule has 0 unspecified atom stereocenters. The number of halogens is 1. The first-order valence-electron chi connectivity index (χ1n) is 7.57. The monoisotopic (exact) mass is 498 g/mol. The first-order chi connectivity index (χ1) is 12.5. The third kappa shape index (κ3) is 5.01. The summed E-state index contributed by atoms with van der Waals surface area (Å²) in [5.74, 6) is -0.201. The first-order valence-corrected chi connectivity index (χ1v) is 12.2. The van der Waals surface area contributed by atoms with Crippen molar-refractivity contribution in [1.29, 1.82) is 0 Å². The van der Waals surface area contributed by atoms with Crippen LogP contribution in [0.1, 0.15) is 4.88 Å². The van der Waals surface area contributed by atoms with Crippen molar-refractivity contribution < 1.29 is 13.2 Å². The SMILES string of the molecule is O=C(NCc1ccc(S(=O)(=O)Nc2ccccc2)s1)C1=CC=CI=C=C1. The number of para-hydroxylation sites is 1. The Labute approximate surface area is 165 Å². The molecule has 0 spiro atoms. The molecule has 0 fully saturated rings. The zero-order valence-corrected chi connectivity index (χ0v) is 17.3. The van der Waals surface area contributed by atoms with Crippen molar-refractivity contribution in [3.8, 4) is 0 Å². The molecular weight excluding hydrogens is 483 g/mol. The van der Waals surface area contributed by atoms with E-state index >= 15 is 0 Å². The Morgan fingerprint density at radius 2 is 1.96 bits per heavy atom. The second-order valence-electron chi connectivity index (χ2n) is 5.18. The first kappa shape index (κ1) is 18.8. The molecule has 1 amide bonds. The van der Waals surface area contributed by atoms with E-state index in [2.05, 4.69) is 13.7 Å². The molecule has 0 bridgehead atoms. The number of carbonyl (C=O) groups is 1. The van der Waals surface area contributed by atoms with Gasteiger partial charge in [0, 0.05) is 16.1 Å². The highest BCUT2D eigenvalue weighted by Gasteiger charge is 2.17. The molecule has 0 radical (unpaired) electrons. The van der Waals surface area contributed by atoms with Crippen LogP contribution in [0.25, 0.3) is 0 Å². The van der Waals surface area contributed by atoms with Gasteiger partial charge in [-0.1, -0.05) is 27.9 Å². The van der Waals surface area contributed by atoms with Crippen molar-refractivity contribution in [2.45, 2.75) is 10.8 Å². The van der Waals surface area contributed by atoms with Crippen LogP contribution in [-0.4, -0.2) is 18.0 Å². The minimum Gasteiger partial charge on any atom is -0.347 e. The number of hydrogen-bond donors (Lipinski definition) is 2. The van der Waals surface area contributed by atoms with Gasteiger partial charge in [-0.15, -0.1) is 11.3 Å². The van der Waals surface area contributed by atoms with Crippen LogP contribution in [0.15, 0.2) is 74.6 Å². The summed E-state index contributed by atoms with van der Waals surface area (Å²) >= 11 is 0.891. The van der Waals surface area contributed by atoms with Crippen molar-refractivity contribution in [2.75, 3.05) is 4.72 Å². The predicted molar refractivity (Wildman–Crippen MR) is 114 cm³/mol. The van der Waals surface area contributed by atoms with E-state index < -0.39 is 10.0 Å². The van der Waals surface area contributed by atoms with Gasteiger partial charge in [-0.05, 0) is 61.2 Å². The van der Waals surface area contributed by atoms with Gasteiger partial charge in [-0.3, -0.25) is 9.52 Å². The summed E-state index contributed by atoms with van der Waals surface area (Å²) in [6, 6.07) is 12.0. The largest absolute Gasteiger partial charge is 0.347 e. The molecule has 0 aliphatic carbocycles. The lowest BCUT2D eigenvalue weighted by Crippen LogP contribution is -2.23. The summed E-state index contributed by atoms with van der Waals surface area (Å²) < 4.78 is 32.7. The van der Waals surface area contributed by atoms with Crippen LogP contribution in [0.4, 0.5) is 5.69 Å². The average Bonchev–Trinajstić information content (AvgIpc) is 2.95. The summed E-state index contributed by atoms with van der Waals surface area (Å²) in [4.78, 5) is 12.9. The molecule has 2 heterocycles. The molecule has 5 nitrogen and oxygen atoms in total. The zero-order valence-electron chi connectivity index (χ0n) is 13.5. The quantitative estimate of drug-likeness (QED) is 0.599. The van der Waals surface area contributed by atoms with Crippen molar-refractivity contribution in [2.24, 2.45) is 0 Å². The molecule has 0 saturated carbocycles. The van der Waals surface area contributed by atoms with Gasteiger partial charge in [-0.25, -0.2) is 8.42 Å². The molecule has 0 saturated heterocycles. The van der Waals surface area contributed by atoms with Gasteiger partial charge >= 0.3 is 0 Å². The summed E-state index contributed by atoms with van der Waals surface area (Å²) in [5, 5.41) is 2.81. The van der Waals surface area contributed by atoms with Gasteiger partial charge in [0.05, 0.1) is 6.54 Å². The van der Waals surface area contributed by atoms with Crippen molar-refractivity contribution in [3.63, 3.8) is 0 Å². The Balaban J connectivity index is 1.64. The van der Waals surface area contributed by atoms with E-state index in [-0.39, 0.29) is 37.4 Å². The minimum atomic E-state index is -3.63. The highest BCUT2D eigenvalue weighted by Crippen LogP contribution is 2.24. The number of nitrogens with one attached hydrogen (secondary N) is 2. The highest BCUT2D eigenvalue weighted by molar-refractivity contribution is 14.2. The molecule has 1 aromatic carbocycles. The normalized spacial score (nSPS) is 13.5. The molecule has 26 heavy (non-hydrogen) atoms. The van der Waals surface area contributed by atoms with Crippen LogP contribution < -0.4 is 10.0 Å². The minimum absolute atomic E-state index is 0.201. The van der Waals surface area contributed by atoms with Crippen LogP contribution in [0.5, 0.6) is 0 Å². The average molecular weight is 498 g/mol. The second kappa shape index (κ2) is 8.59. The van der Waals surface area contributed by atoms with Crippen LogP contribution in [-0.2, 0) is 21.4 Å². The number of amides is 1. The number of sulfonamides is 1. The van der Waals surface area contributed by atoms with E-state index in [9.17, 15) is 13.2 Å². The number of hydrogen-bond acceptors (Lipinski definition) is 4. The summed E-state index contributed by atoms with van der Waals surface area (Å²) in [6.45, 7) is 0.272. The Morgan fingerprint density at radius 3 is 2.77 bits per heavy atom. The second-order valence-corrected chi connectivity index (χ2v) is 10.2. The van der Waals surface area contributed by atoms with E-state index in [1.165, 1.54) is 0 Å². The topological polar surface area (TPSA) is 75.3 Å². The Bertz CT molecular complexity index is 1030. The molecule has 3 rings (SSSR count). The Kier molecular flexibility index (Phi) is 6.20. The third-order valence-corrected chi connectivity index (χ3v) is 7.70. The van der Waals surface area contributed by atoms with Gasteiger partial charge < -0.3 is 5.32 Å². The lowest BCUT2D eigenvalue weighted by atomic mass is 10.2.